The third-order valence-electron chi connectivity index (χ3n) is 3.20. The molecular formula is C14H28. The van der Waals surface area contributed by atoms with Crippen molar-refractivity contribution in [2.24, 2.45) is 11.8 Å². The van der Waals surface area contributed by atoms with Crippen LogP contribution < -0.4 is 0 Å². The molecule has 0 saturated carbocycles. The molecule has 0 fully saturated rings. The van der Waals surface area contributed by atoms with Gasteiger partial charge in [-0.15, -0.1) is 0 Å². The third-order valence-corrected chi connectivity index (χ3v) is 3.20. The minimum absolute atomic E-state index is 0.762. The largest absolute Gasteiger partial charge is 0.0999 e. The normalized spacial score (nSPS) is 13.2. The van der Waals surface area contributed by atoms with Gasteiger partial charge in [0.25, 0.3) is 0 Å². The summed E-state index contributed by atoms with van der Waals surface area (Å²) in [4.78, 5) is 0. The summed E-state index contributed by atoms with van der Waals surface area (Å²) in [6, 6.07) is 0. The van der Waals surface area contributed by atoms with Gasteiger partial charge in [0.2, 0.25) is 0 Å². The molecule has 1 atom stereocenters. The second-order valence-corrected chi connectivity index (χ2v) is 4.63. The molecule has 0 nitrogen and oxygen atoms in total. The van der Waals surface area contributed by atoms with Gasteiger partial charge in [-0.3, -0.25) is 0 Å². The van der Waals surface area contributed by atoms with E-state index in [2.05, 4.69) is 34.3 Å². The second kappa shape index (κ2) is 8.08. The van der Waals surface area contributed by atoms with Crippen molar-refractivity contribution in [3.05, 3.63) is 12.2 Å². The zero-order valence-electron chi connectivity index (χ0n) is 10.6. The van der Waals surface area contributed by atoms with Crippen molar-refractivity contribution < 1.29 is 0 Å². The van der Waals surface area contributed by atoms with Crippen LogP contribution in [-0.4, -0.2) is 0 Å². The number of rotatable bonds is 8. The molecule has 0 radical (unpaired) electrons. The molecule has 0 spiro atoms. The lowest BCUT2D eigenvalue weighted by atomic mass is 9.84. The molecule has 0 aromatic heterocycles. The molecule has 0 heteroatoms. The third kappa shape index (κ3) is 5.47. The highest BCUT2D eigenvalue weighted by Crippen LogP contribution is 2.27. The van der Waals surface area contributed by atoms with E-state index in [-0.39, 0.29) is 0 Å². The van der Waals surface area contributed by atoms with Crippen LogP contribution in [0.1, 0.15) is 66.2 Å². The van der Waals surface area contributed by atoms with Crippen LogP contribution in [0.15, 0.2) is 12.2 Å². The van der Waals surface area contributed by atoms with Gasteiger partial charge in [0.05, 0.1) is 0 Å². The molecule has 0 aliphatic heterocycles. The van der Waals surface area contributed by atoms with Gasteiger partial charge in [-0.25, -0.2) is 0 Å². The van der Waals surface area contributed by atoms with Crippen LogP contribution in [0.3, 0.4) is 0 Å². The van der Waals surface area contributed by atoms with Gasteiger partial charge in [-0.2, -0.15) is 0 Å². The predicted molar refractivity (Wildman–Crippen MR) is 66.5 cm³/mol. The van der Waals surface area contributed by atoms with Crippen LogP contribution in [0, 0.1) is 11.8 Å². The van der Waals surface area contributed by atoms with Crippen molar-refractivity contribution in [1.82, 2.24) is 0 Å². The molecule has 0 rings (SSSR count). The molecule has 0 amide bonds. The lowest BCUT2D eigenvalue weighted by Crippen LogP contribution is -2.09. The van der Waals surface area contributed by atoms with Gasteiger partial charge in [0.1, 0.15) is 0 Å². The van der Waals surface area contributed by atoms with Crippen LogP contribution >= 0.6 is 0 Å². The molecule has 84 valence electrons. The lowest BCUT2D eigenvalue weighted by molar-refractivity contribution is 0.350. The molecule has 0 aromatic carbocycles. The zero-order valence-corrected chi connectivity index (χ0v) is 10.6. The first kappa shape index (κ1) is 13.7. The fourth-order valence-corrected chi connectivity index (χ4v) is 2.32. The number of allylic oxidation sites excluding steroid dienone is 1. The average molecular weight is 196 g/mol. The van der Waals surface area contributed by atoms with E-state index in [1.807, 2.05) is 0 Å². The molecule has 0 saturated heterocycles. The maximum absolute atomic E-state index is 4.10. The first-order valence-corrected chi connectivity index (χ1v) is 6.30. The van der Waals surface area contributed by atoms with E-state index in [1.165, 1.54) is 44.1 Å². The van der Waals surface area contributed by atoms with Crippen molar-refractivity contribution in [1.29, 1.82) is 0 Å². The summed E-state index contributed by atoms with van der Waals surface area (Å²) in [5.74, 6) is 1.70. The quantitative estimate of drug-likeness (QED) is 0.468. The molecule has 1 unspecified atom stereocenters. The van der Waals surface area contributed by atoms with E-state index in [0.717, 1.165) is 11.8 Å². The van der Waals surface area contributed by atoms with Crippen molar-refractivity contribution >= 4 is 0 Å². The first-order chi connectivity index (χ1) is 6.65. The average Bonchev–Trinajstić information content (AvgIpc) is 2.14. The maximum atomic E-state index is 4.10. The zero-order chi connectivity index (χ0) is 11.0. The van der Waals surface area contributed by atoms with Crippen LogP contribution in [0.2, 0.25) is 0 Å². The Morgan fingerprint density at radius 3 is 1.86 bits per heavy atom. The molecular weight excluding hydrogens is 168 g/mol. The number of hydrogen-bond donors (Lipinski definition) is 0. The van der Waals surface area contributed by atoms with Gasteiger partial charge in [-0.05, 0) is 31.6 Å². The maximum Gasteiger partial charge on any atom is -0.0209 e. The van der Waals surface area contributed by atoms with E-state index in [0.29, 0.717) is 0 Å². The lowest BCUT2D eigenvalue weighted by Gasteiger charge is -2.22. The van der Waals surface area contributed by atoms with Crippen LogP contribution in [0.5, 0.6) is 0 Å². The summed E-state index contributed by atoms with van der Waals surface area (Å²) in [6.45, 7) is 13.2. The van der Waals surface area contributed by atoms with Crippen molar-refractivity contribution in [2.45, 2.75) is 66.2 Å². The minimum Gasteiger partial charge on any atom is -0.0999 e. The van der Waals surface area contributed by atoms with Crippen molar-refractivity contribution in [3.8, 4) is 0 Å². The van der Waals surface area contributed by atoms with E-state index in [4.69, 9.17) is 0 Å². The van der Waals surface area contributed by atoms with E-state index in [1.54, 1.807) is 0 Å². The fraction of sp³-hybridized carbons (Fsp3) is 0.857. The molecule has 0 bridgehead atoms. The van der Waals surface area contributed by atoms with E-state index < -0.39 is 0 Å². The molecule has 0 aliphatic carbocycles. The Kier molecular flexibility index (Phi) is 7.93. The molecule has 0 aromatic rings. The molecule has 0 heterocycles. The Labute approximate surface area is 90.8 Å². The summed E-state index contributed by atoms with van der Waals surface area (Å²) in [5.41, 5.74) is 1.38. The van der Waals surface area contributed by atoms with Gasteiger partial charge in [0, 0.05) is 0 Å². The SMILES string of the molecule is C=C(C)C(CC)CC(CCC)CCC. The first-order valence-electron chi connectivity index (χ1n) is 6.30. The highest BCUT2D eigenvalue weighted by molar-refractivity contribution is 4.96. The molecule has 14 heavy (non-hydrogen) atoms. The van der Waals surface area contributed by atoms with Crippen molar-refractivity contribution in [3.63, 3.8) is 0 Å². The van der Waals surface area contributed by atoms with Gasteiger partial charge in [-0.1, -0.05) is 58.6 Å². The molecule has 0 N–H and O–H groups in total. The van der Waals surface area contributed by atoms with Crippen LogP contribution in [0.4, 0.5) is 0 Å². The second-order valence-electron chi connectivity index (χ2n) is 4.63. The Morgan fingerprint density at radius 1 is 1.07 bits per heavy atom. The van der Waals surface area contributed by atoms with E-state index >= 15 is 0 Å². The topological polar surface area (TPSA) is 0 Å². The van der Waals surface area contributed by atoms with Crippen LogP contribution in [-0.2, 0) is 0 Å². The van der Waals surface area contributed by atoms with Gasteiger partial charge < -0.3 is 0 Å². The highest BCUT2D eigenvalue weighted by Gasteiger charge is 2.14. The van der Waals surface area contributed by atoms with Crippen molar-refractivity contribution in [2.75, 3.05) is 0 Å². The summed E-state index contributed by atoms with van der Waals surface area (Å²) < 4.78 is 0. The Morgan fingerprint density at radius 2 is 1.57 bits per heavy atom. The Bertz CT molecular complexity index is 140. The monoisotopic (exact) mass is 196 g/mol. The van der Waals surface area contributed by atoms with Gasteiger partial charge >= 0.3 is 0 Å². The summed E-state index contributed by atoms with van der Waals surface area (Å²) in [6.07, 6.45) is 8.09. The Balaban J connectivity index is 4.03. The molecule has 0 aliphatic rings. The highest BCUT2D eigenvalue weighted by atomic mass is 14.2. The van der Waals surface area contributed by atoms with Crippen LogP contribution in [0.25, 0.3) is 0 Å². The Hall–Kier alpha value is -0.260. The smallest absolute Gasteiger partial charge is 0.0209 e. The summed E-state index contributed by atoms with van der Waals surface area (Å²) in [7, 11) is 0. The summed E-state index contributed by atoms with van der Waals surface area (Å²) in [5, 5.41) is 0. The fourth-order valence-electron chi connectivity index (χ4n) is 2.32. The minimum atomic E-state index is 0.762. The standard InChI is InChI=1S/C14H28/c1-6-9-13(10-7-2)11-14(8-3)12(4)5/h13-14H,4,6-11H2,1-3,5H3. The summed E-state index contributed by atoms with van der Waals surface area (Å²) >= 11 is 0. The van der Waals surface area contributed by atoms with Gasteiger partial charge in [0.15, 0.2) is 0 Å². The predicted octanol–water partition coefficient (Wildman–Crippen LogP) is 5.20. The number of hydrogen-bond acceptors (Lipinski definition) is 0. The van der Waals surface area contributed by atoms with E-state index in [9.17, 15) is 0 Å².